The quantitative estimate of drug-likeness (QED) is 0.458. The van der Waals surface area contributed by atoms with Crippen molar-refractivity contribution < 1.29 is 18.0 Å². The van der Waals surface area contributed by atoms with Gasteiger partial charge in [-0.2, -0.15) is 4.39 Å². The molecule has 3 heterocycles. The maximum absolute atomic E-state index is 14.6. The summed E-state index contributed by atoms with van der Waals surface area (Å²) in [7, 11) is 0. The number of fused-ring (bicyclic) bond motifs is 1. The van der Waals surface area contributed by atoms with Crippen LogP contribution in [0.5, 0.6) is 0 Å². The minimum Gasteiger partial charge on any atom is -0.369 e. The number of carbonyl (C=O) groups is 1. The van der Waals surface area contributed by atoms with Crippen LogP contribution in [-0.2, 0) is 6.42 Å². The molecule has 0 aliphatic heterocycles. The molecule has 0 saturated heterocycles. The second-order valence-electron chi connectivity index (χ2n) is 7.38. The van der Waals surface area contributed by atoms with Crippen LogP contribution in [0.25, 0.3) is 11.0 Å². The van der Waals surface area contributed by atoms with Crippen LogP contribution in [0.15, 0.2) is 24.7 Å². The van der Waals surface area contributed by atoms with E-state index in [1.54, 1.807) is 0 Å². The second kappa shape index (κ2) is 7.46. The second-order valence-corrected chi connectivity index (χ2v) is 7.38. The largest absolute Gasteiger partial charge is 0.369 e. The van der Waals surface area contributed by atoms with Crippen LogP contribution in [0.3, 0.4) is 0 Å². The predicted octanol–water partition coefficient (Wildman–Crippen LogP) is 4.13. The van der Waals surface area contributed by atoms with E-state index in [1.165, 1.54) is 24.7 Å². The molecule has 1 fully saturated rings. The van der Waals surface area contributed by atoms with Crippen LogP contribution in [0, 0.1) is 11.9 Å². The minimum absolute atomic E-state index is 0.182. The van der Waals surface area contributed by atoms with Crippen LogP contribution in [0.4, 0.5) is 19.0 Å². The SMILES string of the molecule is CCCNc1ncnc2[nH]cc(C(=O)c3ccc(CC4CC(F)(F)C4)nc3F)c12. The van der Waals surface area contributed by atoms with Crippen molar-refractivity contribution in [2.75, 3.05) is 11.9 Å². The molecule has 1 saturated carbocycles. The molecule has 0 amide bonds. The Morgan fingerprint density at radius 3 is 2.76 bits per heavy atom. The molecule has 4 rings (SSSR count). The van der Waals surface area contributed by atoms with E-state index >= 15 is 0 Å². The third kappa shape index (κ3) is 3.81. The Hall–Kier alpha value is -2.97. The number of ketones is 1. The van der Waals surface area contributed by atoms with E-state index in [2.05, 4.69) is 25.3 Å². The Kier molecular flexibility index (Phi) is 4.97. The zero-order valence-corrected chi connectivity index (χ0v) is 15.8. The first-order valence-corrected chi connectivity index (χ1v) is 9.52. The van der Waals surface area contributed by atoms with E-state index in [0.29, 0.717) is 29.1 Å². The Morgan fingerprint density at radius 1 is 1.28 bits per heavy atom. The van der Waals surface area contributed by atoms with Crippen molar-refractivity contribution in [3.63, 3.8) is 0 Å². The van der Waals surface area contributed by atoms with Gasteiger partial charge >= 0.3 is 0 Å². The number of hydrogen-bond acceptors (Lipinski definition) is 5. The maximum Gasteiger partial charge on any atom is 0.248 e. The van der Waals surface area contributed by atoms with Gasteiger partial charge in [-0.05, 0) is 30.9 Å². The first-order chi connectivity index (χ1) is 13.9. The number of alkyl halides is 2. The lowest BCUT2D eigenvalue weighted by Crippen LogP contribution is -2.36. The van der Waals surface area contributed by atoms with Gasteiger partial charge in [0.15, 0.2) is 5.78 Å². The van der Waals surface area contributed by atoms with Gasteiger partial charge in [0.25, 0.3) is 0 Å². The molecule has 3 aromatic rings. The molecule has 1 aliphatic carbocycles. The van der Waals surface area contributed by atoms with Crippen LogP contribution in [-0.4, -0.2) is 38.2 Å². The summed E-state index contributed by atoms with van der Waals surface area (Å²) >= 11 is 0. The lowest BCUT2D eigenvalue weighted by atomic mass is 9.78. The highest BCUT2D eigenvalue weighted by Crippen LogP contribution is 2.43. The fourth-order valence-corrected chi connectivity index (χ4v) is 3.64. The minimum atomic E-state index is -2.62. The molecule has 0 spiro atoms. The molecule has 152 valence electrons. The number of pyridine rings is 1. The Morgan fingerprint density at radius 2 is 2.07 bits per heavy atom. The summed E-state index contributed by atoms with van der Waals surface area (Å²) in [5, 5.41) is 3.63. The lowest BCUT2D eigenvalue weighted by Gasteiger charge is -2.34. The molecule has 0 bridgehead atoms. The summed E-state index contributed by atoms with van der Waals surface area (Å²) in [6.07, 6.45) is 3.58. The highest BCUT2D eigenvalue weighted by molar-refractivity contribution is 6.17. The summed E-state index contributed by atoms with van der Waals surface area (Å²) in [5.74, 6) is -3.79. The summed E-state index contributed by atoms with van der Waals surface area (Å²) in [6, 6.07) is 2.88. The molecule has 0 aromatic carbocycles. The van der Waals surface area contributed by atoms with Crippen molar-refractivity contribution in [1.82, 2.24) is 19.9 Å². The molecule has 0 radical (unpaired) electrons. The van der Waals surface area contributed by atoms with Crippen LogP contribution in [0.2, 0.25) is 0 Å². The van der Waals surface area contributed by atoms with E-state index in [4.69, 9.17) is 0 Å². The van der Waals surface area contributed by atoms with Crippen molar-refractivity contribution in [2.45, 2.75) is 38.5 Å². The van der Waals surface area contributed by atoms with Gasteiger partial charge in [-0.3, -0.25) is 4.79 Å². The molecule has 0 atom stereocenters. The van der Waals surface area contributed by atoms with E-state index < -0.39 is 17.7 Å². The summed E-state index contributed by atoms with van der Waals surface area (Å²) in [6.45, 7) is 2.66. The first kappa shape index (κ1) is 19.4. The summed E-state index contributed by atoms with van der Waals surface area (Å²) in [5.41, 5.74) is 0.898. The third-order valence-electron chi connectivity index (χ3n) is 5.08. The monoisotopic (exact) mass is 403 g/mol. The molecule has 6 nitrogen and oxygen atoms in total. The van der Waals surface area contributed by atoms with Crippen LogP contribution in [0.1, 0.15) is 47.8 Å². The number of hydrogen-bond donors (Lipinski definition) is 2. The van der Waals surface area contributed by atoms with Gasteiger partial charge < -0.3 is 10.3 Å². The normalized spacial score (nSPS) is 16.0. The van der Waals surface area contributed by atoms with Crippen molar-refractivity contribution in [3.8, 4) is 0 Å². The molecule has 29 heavy (non-hydrogen) atoms. The number of halogens is 3. The average molecular weight is 403 g/mol. The Balaban J connectivity index is 1.60. The highest BCUT2D eigenvalue weighted by Gasteiger charge is 2.45. The highest BCUT2D eigenvalue weighted by atomic mass is 19.3. The van der Waals surface area contributed by atoms with Crippen LogP contribution >= 0.6 is 0 Å². The smallest absolute Gasteiger partial charge is 0.248 e. The summed E-state index contributed by atoms with van der Waals surface area (Å²) < 4.78 is 40.5. The Bertz CT molecular complexity index is 1060. The number of aromatic amines is 1. The predicted molar refractivity (Wildman–Crippen MR) is 102 cm³/mol. The van der Waals surface area contributed by atoms with Gasteiger partial charge in [0.2, 0.25) is 11.9 Å². The van der Waals surface area contributed by atoms with E-state index in [9.17, 15) is 18.0 Å². The van der Waals surface area contributed by atoms with Crippen LogP contribution < -0.4 is 5.32 Å². The van der Waals surface area contributed by atoms with Crippen molar-refractivity contribution in [2.24, 2.45) is 5.92 Å². The standard InChI is InChI=1S/C20H20F3N5O/c1-2-5-24-18-15-14(9-25-19(15)27-10-26-18)16(29)13-4-3-12(28-17(13)21)6-11-7-20(22,23)8-11/h3-4,9-11H,2,5-8H2,1H3,(H2,24,25,26,27). The molecule has 0 unspecified atom stereocenters. The van der Waals surface area contributed by atoms with E-state index in [1.807, 2.05) is 6.92 Å². The van der Waals surface area contributed by atoms with E-state index in [-0.39, 0.29) is 36.3 Å². The average Bonchev–Trinajstić information content (AvgIpc) is 3.09. The fourth-order valence-electron chi connectivity index (χ4n) is 3.64. The number of aromatic nitrogens is 4. The van der Waals surface area contributed by atoms with Gasteiger partial charge in [-0.25, -0.2) is 23.7 Å². The van der Waals surface area contributed by atoms with Crippen molar-refractivity contribution in [1.29, 1.82) is 0 Å². The van der Waals surface area contributed by atoms with Gasteiger partial charge in [0.1, 0.15) is 17.8 Å². The number of anilines is 1. The van der Waals surface area contributed by atoms with Gasteiger partial charge in [-0.15, -0.1) is 0 Å². The Labute approximate surface area is 165 Å². The van der Waals surface area contributed by atoms with E-state index in [0.717, 1.165) is 6.42 Å². The molecule has 3 aromatic heterocycles. The zero-order valence-electron chi connectivity index (χ0n) is 15.8. The molecular formula is C20H20F3N5O. The zero-order chi connectivity index (χ0) is 20.6. The molecule has 9 heteroatoms. The first-order valence-electron chi connectivity index (χ1n) is 9.52. The molecular weight excluding hydrogens is 383 g/mol. The lowest BCUT2D eigenvalue weighted by molar-refractivity contribution is -0.109. The number of H-pyrrole nitrogens is 1. The summed E-state index contributed by atoms with van der Waals surface area (Å²) in [4.78, 5) is 28.0. The van der Waals surface area contributed by atoms with Gasteiger partial charge in [0, 0.05) is 31.3 Å². The third-order valence-corrected chi connectivity index (χ3v) is 5.08. The molecule has 2 N–H and O–H groups in total. The van der Waals surface area contributed by atoms with Crippen molar-refractivity contribution >= 4 is 22.6 Å². The van der Waals surface area contributed by atoms with Gasteiger partial charge in [0.05, 0.1) is 16.5 Å². The maximum atomic E-state index is 14.6. The number of carbonyl (C=O) groups excluding carboxylic acids is 1. The number of nitrogens with zero attached hydrogens (tertiary/aromatic N) is 3. The molecule has 1 aliphatic rings. The number of rotatable bonds is 7. The topological polar surface area (TPSA) is 83.6 Å². The van der Waals surface area contributed by atoms with Gasteiger partial charge in [-0.1, -0.05) is 6.92 Å². The van der Waals surface area contributed by atoms with Crippen molar-refractivity contribution in [3.05, 3.63) is 47.4 Å². The number of nitrogens with one attached hydrogen (secondary N) is 2. The fraction of sp³-hybridized carbons (Fsp3) is 0.400.